The van der Waals surface area contributed by atoms with E-state index >= 15 is 0 Å². The number of carbonyl (C=O) groups is 1. The third-order valence-electron chi connectivity index (χ3n) is 2.69. The Balaban J connectivity index is 2.62. The Bertz CT molecular complexity index is 172. The van der Waals surface area contributed by atoms with E-state index in [2.05, 4.69) is 6.92 Å². The van der Waals surface area contributed by atoms with Gasteiger partial charge in [-0.15, -0.1) is 0 Å². The van der Waals surface area contributed by atoms with Crippen molar-refractivity contribution in [3.05, 3.63) is 0 Å². The van der Waals surface area contributed by atoms with Gasteiger partial charge in [0, 0.05) is 12.6 Å². The lowest BCUT2D eigenvalue weighted by Gasteiger charge is -2.24. The zero-order valence-electron chi connectivity index (χ0n) is 7.49. The molecule has 0 aliphatic carbocycles. The first-order valence-corrected chi connectivity index (χ1v) is 4.46. The van der Waals surface area contributed by atoms with Gasteiger partial charge in [-0.3, -0.25) is 0 Å². The van der Waals surface area contributed by atoms with Gasteiger partial charge < -0.3 is 16.4 Å². The summed E-state index contributed by atoms with van der Waals surface area (Å²) in [5.74, 6) is 0.447. The van der Waals surface area contributed by atoms with E-state index in [1.54, 1.807) is 4.90 Å². The van der Waals surface area contributed by atoms with E-state index in [1.165, 1.54) is 0 Å². The van der Waals surface area contributed by atoms with Gasteiger partial charge >= 0.3 is 6.03 Å². The van der Waals surface area contributed by atoms with Crippen molar-refractivity contribution < 1.29 is 4.79 Å². The number of nitrogens with zero attached hydrogens (tertiary/aromatic N) is 1. The van der Waals surface area contributed by atoms with Gasteiger partial charge in [-0.05, 0) is 25.3 Å². The first kappa shape index (κ1) is 9.32. The fourth-order valence-electron chi connectivity index (χ4n) is 2.02. The monoisotopic (exact) mass is 171 g/mol. The Morgan fingerprint density at radius 3 is 2.75 bits per heavy atom. The summed E-state index contributed by atoms with van der Waals surface area (Å²) in [6.07, 6.45) is 1.95. The zero-order valence-corrected chi connectivity index (χ0v) is 7.49. The summed E-state index contributed by atoms with van der Waals surface area (Å²) in [6, 6.07) is -0.0368. The van der Waals surface area contributed by atoms with Crippen LogP contribution in [0.3, 0.4) is 0 Å². The number of rotatable bonds is 2. The van der Waals surface area contributed by atoms with Gasteiger partial charge in [0.2, 0.25) is 0 Å². The average Bonchev–Trinajstić information content (AvgIpc) is 2.46. The van der Waals surface area contributed by atoms with E-state index in [4.69, 9.17) is 11.5 Å². The van der Waals surface area contributed by atoms with Gasteiger partial charge in [0.25, 0.3) is 0 Å². The maximum absolute atomic E-state index is 10.9. The molecule has 4 nitrogen and oxygen atoms in total. The molecule has 2 atom stereocenters. The average molecular weight is 171 g/mol. The summed E-state index contributed by atoms with van der Waals surface area (Å²) in [4.78, 5) is 12.7. The second kappa shape index (κ2) is 3.76. The molecule has 1 saturated heterocycles. The molecule has 4 heteroatoms. The van der Waals surface area contributed by atoms with Crippen molar-refractivity contribution in [1.29, 1.82) is 0 Å². The highest BCUT2D eigenvalue weighted by molar-refractivity contribution is 5.72. The Morgan fingerprint density at radius 1 is 1.67 bits per heavy atom. The number of primary amides is 1. The molecule has 1 fully saturated rings. The van der Waals surface area contributed by atoms with Crippen molar-refractivity contribution in [3.8, 4) is 0 Å². The van der Waals surface area contributed by atoms with Gasteiger partial charge in [-0.1, -0.05) is 6.92 Å². The highest BCUT2D eigenvalue weighted by atomic mass is 16.2. The van der Waals surface area contributed by atoms with Crippen LogP contribution in [0, 0.1) is 5.92 Å². The minimum Gasteiger partial charge on any atom is -0.351 e. The van der Waals surface area contributed by atoms with Crippen molar-refractivity contribution in [2.45, 2.75) is 25.8 Å². The van der Waals surface area contributed by atoms with E-state index in [9.17, 15) is 4.79 Å². The molecule has 0 aromatic heterocycles. The van der Waals surface area contributed by atoms with Crippen LogP contribution in [0.15, 0.2) is 0 Å². The van der Waals surface area contributed by atoms with Gasteiger partial charge in [0.15, 0.2) is 0 Å². The van der Waals surface area contributed by atoms with Gasteiger partial charge in [-0.25, -0.2) is 4.79 Å². The molecule has 1 heterocycles. The molecule has 0 spiro atoms. The largest absolute Gasteiger partial charge is 0.351 e. The van der Waals surface area contributed by atoms with Gasteiger partial charge in [0.1, 0.15) is 0 Å². The Morgan fingerprint density at radius 2 is 2.33 bits per heavy atom. The maximum atomic E-state index is 10.9. The Hall–Kier alpha value is -0.770. The summed E-state index contributed by atoms with van der Waals surface area (Å²) >= 11 is 0. The Labute approximate surface area is 72.9 Å². The van der Waals surface area contributed by atoms with E-state index in [1.807, 2.05) is 0 Å². The van der Waals surface area contributed by atoms with Crippen LogP contribution in [-0.2, 0) is 0 Å². The molecule has 4 N–H and O–H groups in total. The molecule has 0 aromatic carbocycles. The number of likely N-dealkylation sites (tertiary alicyclic amines) is 1. The predicted molar refractivity (Wildman–Crippen MR) is 47.5 cm³/mol. The quantitative estimate of drug-likeness (QED) is 0.619. The third kappa shape index (κ3) is 1.53. The molecule has 0 aromatic rings. The number of carbonyl (C=O) groups excluding carboxylic acids is 1. The van der Waals surface area contributed by atoms with Crippen molar-refractivity contribution in [1.82, 2.24) is 4.90 Å². The number of hydrogen-bond acceptors (Lipinski definition) is 2. The molecule has 0 saturated carbocycles. The van der Waals surface area contributed by atoms with Crippen molar-refractivity contribution in [2.24, 2.45) is 17.4 Å². The first-order valence-electron chi connectivity index (χ1n) is 4.46. The topological polar surface area (TPSA) is 72.3 Å². The maximum Gasteiger partial charge on any atom is 0.315 e. The Kier molecular flexibility index (Phi) is 2.92. The molecule has 1 aliphatic heterocycles. The highest BCUT2D eigenvalue weighted by Gasteiger charge is 2.33. The fraction of sp³-hybridized carbons (Fsp3) is 0.875. The second-order valence-corrected chi connectivity index (χ2v) is 3.29. The molecule has 1 aliphatic rings. The molecular weight excluding hydrogens is 154 g/mol. The van der Waals surface area contributed by atoms with E-state index < -0.39 is 0 Å². The summed E-state index contributed by atoms with van der Waals surface area (Å²) in [5, 5.41) is 0. The number of nitrogens with two attached hydrogens (primary N) is 2. The molecule has 12 heavy (non-hydrogen) atoms. The SMILES string of the molecule is CCC1C(CN)CCN1C(N)=O. The van der Waals surface area contributed by atoms with Crippen LogP contribution in [0.4, 0.5) is 4.79 Å². The van der Waals surface area contributed by atoms with E-state index in [-0.39, 0.29) is 12.1 Å². The molecule has 2 unspecified atom stereocenters. The van der Waals surface area contributed by atoms with Crippen LogP contribution in [-0.4, -0.2) is 30.1 Å². The molecule has 0 bridgehead atoms. The van der Waals surface area contributed by atoms with Crippen molar-refractivity contribution in [2.75, 3.05) is 13.1 Å². The number of amides is 2. The minimum absolute atomic E-state index is 0.271. The first-order chi connectivity index (χ1) is 5.70. The lowest BCUT2D eigenvalue weighted by Crippen LogP contribution is -2.42. The fourth-order valence-corrected chi connectivity index (χ4v) is 2.02. The van der Waals surface area contributed by atoms with Crippen LogP contribution in [0.5, 0.6) is 0 Å². The van der Waals surface area contributed by atoms with Crippen LogP contribution >= 0.6 is 0 Å². The van der Waals surface area contributed by atoms with Gasteiger partial charge in [-0.2, -0.15) is 0 Å². The number of urea groups is 1. The molecule has 0 radical (unpaired) electrons. The van der Waals surface area contributed by atoms with Gasteiger partial charge in [0.05, 0.1) is 0 Å². The zero-order chi connectivity index (χ0) is 9.14. The predicted octanol–water partition coefficient (Wildman–Crippen LogP) is 0.124. The standard InChI is InChI=1S/C8H17N3O/c1-2-7-6(5-9)3-4-11(7)8(10)12/h6-7H,2-5,9H2,1H3,(H2,10,12). The van der Waals surface area contributed by atoms with Crippen molar-refractivity contribution in [3.63, 3.8) is 0 Å². The second-order valence-electron chi connectivity index (χ2n) is 3.29. The minimum atomic E-state index is -0.308. The van der Waals surface area contributed by atoms with Crippen LogP contribution < -0.4 is 11.5 Å². The highest BCUT2D eigenvalue weighted by Crippen LogP contribution is 2.25. The van der Waals surface area contributed by atoms with E-state index in [0.717, 1.165) is 19.4 Å². The lowest BCUT2D eigenvalue weighted by molar-refractivity contribution is 0.193. The summed E-state index contributed by atoms with van der Waals surface area (Å²) in [5.41, 5.74) is 10.8. The molecule has 2 amide bonds. The van der Waals surface area contributed by atoms with Crippen LogP contribution in [0.1, 0.15) is 19.8 Å². The van der Waals surface area contributed by atoms with Crippen LogP contribution in [0.25, 0.3) is 0 Å². The molecule has 1 rings (SSSR count). The molecule has 70 valence electrons. The summed E-state index contributed by atoms with van der Waals surface area (Å²) in [6.45, 7) is 3.49. The summed E-state index contributed by atoms with van der Waals surface area (Å²) in [7, 11) is 0. The van der Waals surface area contributed by atoms with Crippen LogP contribution in [0.2, 0.25) is 0 Å². The lowest BCUT2D eigenvalue weighted by atomic mass is 9.99. The number of hydrogen-bond donors (Lipinski definition) is 2. The third-order valence-corrected chi connectivity index (χ3v) is 2.69. The molecular formula is C8H17N3O. The smallest absolute Gasteiger partial charge is 0.315 e. The van der Waals surface area contributed by atoms with E-state index in [0.29, 0.717) is 12.5 Å². The van der Waals surface area contributed by atoms with Crippen molar-refractivity contribution >= 4 is 6.03 Å². The summed E-state index contributed by atoms with van der Waals surface area (Å²) < 4.78 is 0. The normalized spacial score (nSPS) is 29.3.